The third kappa shape index (κ3) is 1.73. The summed E-state index contributed by atoms with van der Waals surface area (Å²) in [6.07, 6.45) is 0. The standard InChI is InChI=1S/C12H12O3/c1-7-3-4-10-9(5-7)6-11(15-10)8(2)12(13)14/h3-6,8H,1-2H3,(H,13,14). The third-order valence-corrected chi connectivity index (χ3v) is 2.49. The van der Waals surface area contributed by atoms with Gasteiger partial charge in [0.25, 0.3) is 0 Å². The highest BCUT2D eigenvalue weighted by Crippen LogP contribution is 2.25. The zero-order valence-corrected chi connectivity index (χ0v) is 8.65. The Morgan fingerprint density at radius 1 is 1.40 bits per heavy atom. The minimum absolute atomic E-state index is 0.503. The van der Waals surface area contributed by atoms with E-state index in [0.717, 1.165) is 16.5 Å². The molecule has 1 unspecified atom stereocenters. The number of rotatable bonds is 2. The van der Waals surface area contributed by atoms with Gasteiger partial charge < -0.3 is 9.52 Å². The molecule has 1 N–H and O–H groups in total. The molecule has 2 rings (SSSR count). The van der Waals surface area contributed by atoms with Gasteiger partial charge >= 0.3 is 5.97 Å². The third-order valence-electron chi connectivity index (χ3n) is 2.49. The number of carboxylic acids is 1. The number of carbonyl (C=O) groups is 1. The summed E-state index contributed by atoms with van der Waals surface area (Å²) >= 11 is 0. The van der Waals surface area contributed by atoms with Gasteiger partial charge in [-0.25, -0.2) is 0 Å². The molecule has 0 saturated carbocycles. The van der Waals surface area contributed by atoms with Crippen LogP contribution < -0.4 is 0 Å². The van der Waals surface area contributed by atoms with Gasteiger partial charge in [0.1, 0.15) is 17.3 Å². The Labute approximate surface area is 87.3 Å². The molecule has 0 amide bonds. The van der Waals surface area contributed by atoms with Crippen LogP contribution >= 0.6 is 0 Å². The molecular weight excluding hydrogens is 192 g/mol. The highest BCUT2D eigenvalue weighted by Gasteiger charge is 2.18. The molecule has 15 heavy (non-hydrogen) atoms. The molecule has 0 bridgehead atoms. The van der Waals surface area contributed by atoms with Crippen LogP contribution in [0, 0.1) is 6.92 Å². The Morgan fingerprint density at radius 3 is 2.80 bits per heavy atom. The first-order valence-electron chi connectivity index (χ1n) is 4.81. The van der Waals surface area contributed by atoms with E-state index in [9.17, 15) is 4.79 Å². The van der Waals surface area contributed by atoms with E-state index in [0.29, 0.717) is 5.76 Å². The number of fused-ring (bicyclic) bond motifs is 1. The summed E-state index contributed by atoms with van der Waals surface area (Å²) in [5.41, 5.74) is 1.88. The summed E-state index contributed by atoms with van der Waals surface area (Å²) in [7, 11) is 0. The molecule has 1 heterocycles. The molecule has 1 atom stereocenters. The maximum atomic E-state index is 10.8. The first-order chi connectivity index (χ1) is 7.08. The van der Waals surface area contributed by atoms with Crippen LogP contribution in [0.25, 0.3) is 11.0 Å². The van der Waals surface area contributed by atoms with Gasteiger partial charge in [-0.2, -0.15) is 0 Å². The maximum Gasteiger partial charge on any atom is 0.313 e. The lowest BCUT2D eigenvalue weighted by Gasteiger charge is -1.99. The van der Waals surface area contributed by atoms with Crippen molar-refractivity contribution < 1.29 is 14.3 Å². The molecule has 0 fully saturated rings. The molecule has 1 aromatic carbocycles. The molecule has 1 aromatic heterocycles. The molecule has 0 radical (unpaired) electrons. The number of aryl methyl sites for hydroxylation is 1. The molecule has 0 aliphatic heterocycles. The topological polar surface area (TPSA) is 50.4 Å². The van der Waals surface area contributed by atoms with Crippen molar-refractivity contribution in [3.63, 3.8) is 0 Å². The number of carboxylic acid groups (broad SMARTS) is 1. The zero-order chi connectivity index (χ0) is 11.0. The van der Waals surface area contributed by atoms with Crippen LogP contribution in [0.15, 0.2) is 28.7 Å². The molecule has 2 aromatic rings. The normalized spacial score (nSPS) is 12.9. The van der Waals surface area contributed by atoms with E-state index in [2.05, 4.69) is 0 Å². The van der Waals surface area contributed by atoms with Crippen LogP contribution in [0.1, 0.15) is 24.2 Å². The van der Waals surface area contributed by atoms with Gasteiger partial charge in [0, 0.05) is 5.39 Å². The molecular formula is C12H12O3. The van der Waals surface area contributed by atoms with Crippen LogP contribution in [0.5, 0.6) is 0 Å². The fourth-order valence-corrected chi connectivity index (χ4v) is 1.52. The minimum Gasteiger partial charge on any atom is -0.481 e. The highest BCUT2D eigenvalue weighted by atomic mass is 16.4. The van der Waals surface area contributed by atoms with E-state index >= 15 is 0 Å². The van der Waals surface area contributed by atoms with Crippen molar-refractivity contribution in [1.29, 1.82) is 0 Å². The number of furan rings is 1. The van der Waals surface area contributed by atoms with Crippen molar-refractivity contribution >= 4 is 16.9 Å². The summed E-state index contributed by atoms with van der Waals surface area (Å²) in [5.74, 6) is -0.966. The van der Waals surface area contributed by atoms with E-state index in [1.54, 1.807) is 13.0 Å². The van der Waals surface area contributed by atoms with Crippen LogP contribution in [0.2, 0.25) is 0 Å². The maximum absolute atomic E-state index is 10.8. The number of hydrogen-bond acceptors (Lipinski definition) is 2. The minimum atomic E-state index is -0.870. The Balaban J connectivity index is 2.51. The van der Waals surface area contributed by atoms with Crippen molar-refractivity contribution in [2.75, 3.05) is 0 Å². The summed E-state index contributed by atoms with van der Waals surface area (Å²) < 4.78 is 5.47. The van der Waals surface area contributed by atoms with E-state index in [1.165, 1.54) is 0 Å². The predicted molar refractivity (Wildman–Crippen MR) is 57.0 cm³/mol. The van der Waals surface area contributed by atoms with Crippen LogP contribution in [-0.2, 0) is 4.79 Å². The van der Waals surface area contributed by atoms with Gasteiger partial charge in [0.15, 0.2) is 0 Å². The van der Waals surface area contributed by atoms with Crippen molar-refractivity contribution in [3.8, 4) is 0 Å². The quantitative estimate of drug-likeness (QED) is 0.818. The molecule has 3 heteroatoms. The van der Waals surface area contributed by atoms with Gasteiger partial charge in [-0.15, -0.1) is 0 Å². The Morgan fingerprint density at radius 2 is 2.13 bits per heavy atom. The molecule has 3 nitrogen and oxygen atoms in total. The number of hydrogen-bond donors (Lipinski definition) is 1. The summed E-state index contributed by atoms with van der Waals surface area (Å²) in [4.78, 5) is 10.8. The van der Waals surface area contributed by atoms with Crippen LogP contribution in [0.3, 0.4) is 0 Å². The van der Waals surface area contributed by atoms with Gasteiger partial charge in [0.05, 0.1) is 0 Å². The second-order valence-corrected chi connectivity index (χ2v) is 3.75. The SMILES string of the molecule is Cc1ccc2oc(C(C)C(=O)O)cc2c1. The van der Waals surface area contributed by atoms with Gasteiger partial charge in [-0.3, -0.25) is 4.79 Å². The van der Waals surface area contributed by atoms with E-state index < -0.39 is 11.9 Å². The van der Waals surface area contributed by atoms with E-state index in [1.807, 2.05) is 25.1 Å². The van der Waals surface area contributed by atoms with Gasteiger partial charge in [0.2, 0.25) is 0 Å². The summed E-state index contributed by atoms with van der Waals surface area (Å²) in [6.45, 7) is 3.61. The van der Waals surface area contributed by atoms with Crippen LogP contribution in [0.4, 0.5) is 0 Å². The largest absolute Gasteiger partial charge is 0.481 e. The average Bonchev–Trinajstić information content (AvgIpc) is 2.58. The second kappa shape index (κ2) is 3.42. The van der Waals surface area contributed by atoms with Gasteiger partial charge in [-0.05, 0) is 32.0 Å². The van der Waals surface area contributed by atoms with Crippen molar-refractivity contribution in [2.45, 2.75) is 19.8 Å². The second-order valence-electron chi connectivity index (χ2n) is 3.75. The number of aliphatic carboxylic acids is 1. The fourth-order valence-electron chi connectivity index (χ4n) is 1.52. The molecule has 78 valence electrons. The van der Waals surface area contributed by atoms with Crippen LogP contribution in [-0.4, -0.2) is 11.1 Å². The van der Waals surface area contributed by atoms with E-state index in [-0.39, 0.29) is 0 Å². The first kappa shape index (κ1) is 9.77. The average molecular weight is 204 g/mol. The smallest absolute Gasteiger partial charge is 0.313 e. The van der Waals surface area contributed by atoms with E-state index in [4.69, 9.17) is 9.52 Å². The molecule has 0 saturated heterocycles. The fraction of sp³-hybridized carbons (Fsp3) is 0.250. The zero-order valence-electron chi connectivity index (χ0n) is 8.65. The lowest BCUT2D eigenvalue weighted by Crippen LogP contribution is -2.05. The lowest BCUT2D eigenvalue weighted by molar-refractivity contribution is -0.138. The first-order valence-corrected chi connectivity index (χ1v) is 4.81. The number of benzene rings is 1. The molecule has 0 aliphatic carbocycles. The molecule has 0 spiro atoms. The monoisotopic (exact) mass is 204 g/mol. The Hall–Kier alpha value is -1.77. The van der Waals surface area contributed by atoms with Gasteiger partial charge in [-0.1, -0.05) is 11.6 Å². The Kier molecular flexibility index (Phi) is 2.23. The summed E-state index contributed by atoms with van der Waals surface area (Å²) in [6, 6.07) is 7.59. The highest BCUT2D eigenvalue weighted by molar-refractivity contribution is 5.82. The Bertz CT molecular complexity index is 511. The molecule has 0 aliphatic rings. The summed E-state index contributed by atoms with van der Waals surface area (Å²) in [5, 5.41) is 9.81. The van der Waals surface area contributed by atoms with Crippen molar-refractivity contribution in [1.82, 2.24) is 0 Å². The predicted octanol–water partition coefficient (Wildman–Crippen LogP) is 2.93. The van der Waals surface area contributed by atoms with Crippen molar-refractivity contribution in [3.05, 3.63) is 35.6 Å². The lowest BCUT2D eigenvalue weighted by atomic mass is 10.1. The van der Waals surface area contributed by atoms with Crippen molar-refractivity contribution in [2.24, 2.45) is 0 Å².